The lowest BCUT2D eigenvalue weighted by Gasteiger charge is -2.26. The lowest BCUT2D eigenvalue weighted by Crippen LogP contribution is -2.30. The van der Waals surface area contributed by atoms with Crippen LogP contribution >= 0.6 is 50.1 Å². The fraction of sp³-hybridized carbons (Fsp3) is 0.188. The van der Waals surface area contributed by atoms with Crippen LogP contribution in [0.2, 0.25) is 5.02 Å². The van der Waals surface area contributed by atoms with Crippen molar-refractivity contribution in [2.45, 2.75) is 13.0 Å². The van der Waals surface area contributed by atoms with Crippen LogP contribution in [0, 0.1) is 3.57 Å². The van der Waals surface area contributed by atoms with Gasteiger partial charge in [-0.1, -0.05) is 45.7 Å². The summed E-state index contributed by atoms with van der Waals surface area (Å²) in [5, 5.41) is 0.675. The molecule has 0 saturated heterocycles. The molecule has 0 bridgehead atoms. The Morgan fingerprint density at radius 3 is 2.62 bits per heavy atom. The Morgan fingerprint density at radius 1 is 1.29 bits per heavy atom. The van der Waals surface area contributed by atoms with Gasteiger partial charge in [0.05, 0.1) is 11.6 Å². The Morgan fingerprint density at radius 2 is 1.95 bits per heavy atom. The van der Waals surface area contributed by atoms with Crippen LogP contribution in [0.15, 0.2) is 46.9 Å². The van der Waals surface area contributed by atoms with Crippen molar-refractivity contribution in [2.75, 3.05) is 7.05 Å². The van der Waals surface area contributed by atoms with E-state index in [1.54, 1.807) is 11.9 Å². The van der Waals surface area contributed by atoms with Gasteiger partial charge in [0, 0.05) is 20.1 Å². The van der Waals surface area contributed by atoms with Crippen molar-refractivity contribution in [3.63, 3.8) is 0 Å². The van der Waals surface area contributed by atoms with E-state index in [0.29, 0.717) is 10.6 Å². The summed E-state index contributed by atoms with van der Waals surface area (Å²) in [5.74, 6) is -0.0203. The molecule has 0 saturated carbocycles. The Balaban J connectivity index is 2.31. The van der Waals surface area contributed by atoms with Crippen molar-refractivity contribution in [3.8, 4) is 0 Å². The molecule has 110 valence electrons. The molecule has 1 unspecified atom stereocenters. The molecule has 0 aliphatic carbocycles. The van der Waals surface area contributed by atoms with Gasteiger partial charge >= 0.3 is 0 Å². The Labute approximate surface area is 151 Å². The Hall–Kier alpha value is -0.590. The molecule has 2 aromatic carbocycles. The number of carbonyl (C=O) groups excluding carboxylic acids is 1. The van der Waals surface area contributed by atoms with Crippen LogP contribution in [0.5, 0.6) is 0 Å². The first-order valence-corrected chi connectivity index (χ1v) is 8.63. The average Bonchev–Trinajstić information content (AvgIpc) is 2.48. The second-order valence-corrected chi connectivity index (χ2v) is 7.22. The second kappa shape index (κ2) is 7.11. The number of amides is 1. The summed E-state index contributed by atoms with van der Waals surface area (Å²) in [5.41, 5.74) is 1.63. The molecule has 0 heterocycles. The normalized spacial score (nSPS) is 12.0. The molecule has 5 heteroatoms. The van der Waals surface area contributed by atoms with E-state index in [0.717, 1.165) is 13.6 Å². The van der Waals surface area contributed by atoms with Crippen LogP contribution in [0.3, 0.4) is 0 Å². The maximum Gasteiger partial charge on any atom is 0.255 e. The minimum absolute atomic E-state index is 0.0203. The zero-order valence-corrected chi connectivity index (χ0v) is 16.1. The molecular formula is C16H14BrClINO. The number of rotatable bonds is 3. The smallest absolute Gasteiger partial charge is 0.255 e. The zero-order valence-electron chi connectivity index (χ0n) is 11.6. The lowest BCUT2D eigenvalue weighted by atomic mass is 10.1. The molecule has 0 radical (unpaired) electrons. The number of carbonyl (C=O) groups is 1. The highest BCUT2D eigenvalue weighted by atomic mass is 127. The van der Waals surface area contributed by atoms with Crippen molar-refractivity contribution in [3.05, 3.63) is 66.7 Å². The molecule has 0 aliphatic rings. The first kappa shape index (κ1) is 16.8. The fourth-order valence-corrected chi connectivity index (χ4v) is 3.27. The maximum absolute atomic E-state index is 12.7. The Bertz CT molecular complexity index is 677. The molecule has 2 nitrogen and oxygen atoms in total. The van der Waals surface area contributed by atoms with Crippen LogP contribution < -0.4 is 0 Å². The second-order valence-electron chi connectivity index (χ2n) is 4.74. The predicted molar refractivity (Wildman–Crippen MR) is 98.8 cm³/mol. The van der Waals surface area contributed by atoms with Gasteiger partial charge in [0.2, 0.25) is 0 Å². The summed E-state index contributed by atoms with van der Waals surface area (Å²) in [7, 11) is 1.80. The number of benzene rings is 2. The van der Waals surface area contributed by atoms with E-state index >= 15 is 0 Å². The highest BCUT2D eigenvalue weighted by molar-refractivity contribution is 14.1. The van der Waals surface area contributed by atoms with Crippen LogP contribution in [0.1, 0.15) is 28.9 Å². The lowest BCUT2D eigenvalue weighted by molar-refractivity contribution is 0.0741. The van der Waals surface area contributed by atoms with E-state index in [1.807, 2.05) is 49.4 Å². The third-order valence-electron chi connectivity index (χ3n) is 3.42. The highest BCUT2D eigenvalue weighted by Gasteiger charge is 2.22. The van der Waals surface area contributed by atoms with E-state index in [4.69, 9.17) is 11.6 Å². The standard InChI is InChI=1S/C16H14BrClINO/c1-10(12-5-3-4-6-14(12)18)20(2)16(21)13-9-11(17)7-8-15(13)19/h3-10H,1-2H3. The molecule has 0 aromatic heterocycles. The number of halogens is 3. The van der Waals surface area contributed by atoms with Crippen LogP contribution in [0.4, 0.5) is 0 Å². The molecule has 0 spiro atoms. The van der Waals surface area contributed by atoms with Gasteiger partial charge in [-0.3, -0.25) is 4.79 Å². The van der Waals surface area contributed by atoms with Gasteiger partial charge < -0.3 is 4.90 Å². The van der Waals surface area contributed by atoms with Crippen molar-refractivity contribution < 1.29 is 4.79 Å². The third kappa shape index (κ3) is 3.79. The van der Waals surface area contributed by atoms with Gasteiger partial charge in [0.15, 0.2) is 0 Å². The van der Waals surface area contributed by atoms with Gasteiger partial charge in [-0.15, -0.1) is 0 Å². The first-order valence-electron chi connectivity index (χ1n) is 6.38. The predicted octanol–water partition coefficient (Wildman–Crippen LogP) is 5.54. The van der Waals surface area contributed by atoms with E-state index in [9.17, 15) is 4.79 Å². The SMILES string of the molecule is CC(c1ccccc1Cl)N(C)C(=O)c1cc(Br)ccc1I. The van der Waals surface area contributed by atoms with E-state index < -0.39 is 0 Å². The quantitative estimate of drug-likeness (QED) is 0.531. The van der Waals surface area contributed by atoms with Crippen LogP contribution in [0.25, 0.3) is 0 Å². The van der Waals surface area contributed by atoms with Crippen molar-refractivity contribution in [1.82, 2.24) is 4.90 Å². The summed E-state index contributed by atoms with van der Waals surface area (Å²) in [4.78, 5) is 14.4. The highest BCUT2D eigenvalue weighted by Crippen LogP contribution is 2.28. The minimum Gasteiger partial charge on any atom is -0.335 e. The Kier molecular flexibility index (Phi) is 5.68. The molecule has 0 fully saturated rings. The van der Waals surface area contributed by atoms with Crippen LogP contribution in [-0.2, 0) is 0 Å². The van der Waals surface area contributed by atoms with Gasteiger partial charge in [0.25, 0.3) is 5.91 Å². The van der Waals surface area contributed by atoms with Crippen molar-refractivity contribution in [2.24, 2.45) is 0 Å². The number of hydrogen-bond acceptors (Lipinski definition) is 1. The van der Waals surface area contributed by atoms with Crippen molar-refractivity contribution >= 4 is 56.0 Å². The number of nitrogens with zero attached hydrogens (tertiary/aromatic N) is 1. The largest absolute Gasteiger partial charge is 0.335 e. The van der Waals surface area contributed by atoms with Crippen LogP contribution in [-0.4, -0.2) is 17.9 Å². The van der Waals surface area contributed by atoms with Gasteiger partial charge in [-0.2, -0.15) is 0 Å². The summed E-state index contributed by atoms with van der Waals surface area (Å²) in [6.07, 6.45) is 0. The fourth-order valence-electron chi connectivity index (χ4n) is 2.05. The molecule has 2 rings (SSSR count). The summed E-state index contributed by atoms with van der Waals surface area (Å²) < 4.78 is 1.82. The van der Waals surface area contributed by atoms with Gasteiger partial charge in [-0.25, -0.2) is 0 Å². The molecule has 0 N–H and O–H groups in total. The average molecular weight is 479 g/mol. The molecule has 21 heavy (non-hydrogen) atoms. The van der Waals surface area contributed by atoms with Gasteiger partial charge in [-0.05, 0) is 59.3 Å². The topological polar surface area (TPSA) is 20.3 Å². The van der Waals surface area contributed by atoms with E-state index in [-0.39, 0.29) is 11.9 Å². The number of hydrogen-bond donors (Lipinski definition) is 0. The molecule has 1 amide bonds. The first-order chi connectivity index (χ1) is 9.91. The van der Waals surface area contributed by atoms with Gasteiger partial charge in [0.1, 0.15) is 0 Å². The molecule has 2 aromatic rings. The summed E-state index contributed by atoms with van der Waals surface area (Å²) >= 11 is 11.8. The molecule has 1 atom stereocenters. The summed E-state index contributed by atoms with van der Waals surface area (Å²) in [6.45, 7) is 1.98. The monoisotopic (exact) mass is 477 g/mol. The maximum atomic E-state index is 12.7. The minimum atomic E-state index is -0.0963. The third-order valence-corrected chi connectivity index (χ3v) is 5.19. The van der Waals surface area contributed by atoms with Crippen molar-refractivity contribution in [1.29, 1.82) is 0 Å². The molecule has 0 aliphatic heterocycles. The zero-order chi connectivity index (χ0) is 15.6. The molecular weight excluding hydrogens is 464 g/mol. The van der Waals surface area contributed by atoms with E-state index in [1.165, 1.54) is 0 Å². The van der Waals surface area contributed by atoms with E-state index in [2.05, 4.69) is 38.5 Å². The summed E-state index contributed by atoms with van der Waals surface area (Å²) in [6, 6.07) is 13.2.